The molecule has 0 saturated carbocycles. The number of aliphatic carboxylic acids is 2. The van der Waals surface area contributed by atoms with Gasteiger partial charge in [0.25, 0.3) is 6.20 Å². The van der Waals surface area contributed by atoms with E-state index in [2.05, 4.69) is 21.3 Å². The predicted molar refractivity (Wildman–Crippen MR) is 184 cm³/mol. The number of hydrogen-bond donors (Lipinski definition) is 6. The van der Waals surface area contributed by atoms with Gasteiger partial charge >= 0.3 is 11.9 Å². The lowest BCUT2D eigenvalue weighted by Crippen LogP contribution is -2.47. The van der Waals surface area contributed by atoms with Crippen LogP contribution in [0, 0.1) is 22.5 Å². The summed E-state index contributed by atoms with van der Waals surface area (Å²) in [6.45, 7) is 8.81. The van der Waals surface area contributed by atoms with Crippen LogP contribution in [0.3, 0.4) is 0 Å². The van der Waals surface area contributed by atoms with Gasteiger partial charge in [-0.05, 0) is 59.9 Å². The second kappa shape index (κ2) is 16.8. The van der Waals surface area contributed by atoms with E-state index >= 15 is 0 Å². The molecule has 15 nitrogen and oxygen atoms in total. The van der Waals surface area contributed by atoms with Crippen LogP contribution in [-0.2, 0) is 30.5 Å². The highest BCUT2D eigenvalue weighted by atomic mass is 32.2. The molecule has 0 fully saturated rings. The van der Waals surface area contributed by atoms with Crippen molar-refractivity contribution in [3.05, 3.63) is 81.3 Å². The molecule has 1 heterocycles. The Balaban J connectivity index is 1.69. The van der Waals surface area contributed by atoms with Crippen molar-refractivity contribution in [2.45, 2.75) is 72.1 Å². The van der Waals surface area contributed by atoms with Crippen LogP contribution >= 0.6 is 11.8 Å². The average molecular weight is 699 g/mol. The van der Waals surface area contributed by atoms with Gasteiger partial charge in [0, 0.05) is 37.0 Å². The van der Waals surface area contributed by atoms with E-state index < -0.39 is 52.7 Å². The molecular formula is C33H42N6O9S. The van der Waals surface area contributed by atoms with E-state index in [1.54, 1.807) is 30.3 Å². The summed E-state index contributed by atoms with van der Waals surface area (Å²) in [7, 11) is 0. The van der Waals surface area contributed by atoms with Gasteiger partial charge in [-0.2, -0.15) is 11.8 Å². The van der Waals surface area contributed by atoms with Gasteiger partial charge in [-0.15, -0.1) is 0 Å². The third-order valence-electron chi connectivity index (χ3n) is 7.36. The Morgan fingerprint density at radius 3 is 2.18 bits per heavy atom. The number of aryl methyl sites for hydroxylation is 1. The quantitative estimate of drug-likeness (QED) is 0.0840. The fourth-order valence-corrected chi connectivity index (χ4v) is 6.10. The minimum absolute atomic E-state index is 0.00487. The lowest BCUT2D eigenvalue weighted by Gasteiger charge is -2.25. The number of thioether (sulfide) groups is 1. The van der Waals surface area contributed by atoms with Crippen molar-refractivity contribution in [3.63, 3.8) is 0 Å². The maximum absolute atomic E-state index is 13.5. The van der Waals surface area contributed by atoms with Crippen LogP contribution in [0.4, 0.5) is 11.4 Å². The van der Waals surface area contributed by atoms with Crippen molar-refractivity contribution in [2.24, 2.45) is 5.41 Å². The number of carboxylic acids is 2. The zero-order valence-electron chi connectivity index (χ0n) is 27.9. The van der Waals surface area contributed by atoms with Crippen LogP contribution in [0.25, 0.3) is 0 Å². The van der Waals surface area contributed by atoms with E-state index in [1.165, 1.54) is 11.8 Å². The predicted octanol–water partition coefficient (Wildman–Crippen LogP) is 3.70. The molecule has 0 saturated heterocycles. The molecular weight excluding hydrogens is 656 g/mol. The normalized spacial score (nSPS) is 15.4. The first kappa shape index (κ1) is 38.3. The topological polar surface area (TPSA) is 220 Å². The molecule has 3 amide bonds. The molecule has 0 aromatic heterocycles. The van der Waals surface area contributed by atoms with Gasteiger partial charge in [-0.25, -0.2) is 9.59 Å². The van der Waals surface area contributed by atoms with E-state index in [9.17, 15) is 44.3 Å². The van der Waals surface area contributed by atoms with E-state index in [4.69, 9.17) is 0 Å². The molecule has 3 atom stereocenters. The fraction of sp³-hybridized carbons (Fsp3) is 0.424. The fourth-order valence-electron chi connectivity index (χ4n) is 5.07. The molecule has 0 bridgehead atoms. The smallest absolute Gasteiger partial charge is 0.327 e. The number of hydrogen-bond acceptors (Lipinski definition) is 10. The zero-order valence-corrected chi connectivity index (χ0v) is 28.8. The molecule has 49 heavy (non-hydrogen) atoms. The molecule has 3 unspecified atom stereocenters. The number of nitrogens with zero attached hydrogens (tertiary/aromatic N) is 2. The number of carbonyl (C=O) groups is 5. The molecule has 6 N–H and O–H groups in total. The number of carboxylic acid groups (broad SMARTS) is 2. The minimum Gasteiger partial charge on any atom is -0.480 e. The van der Waals surface area contributed by atoms with Gasteiger partial charge in [-0.1, -0.05) is 44.5 Å². The van der Waals surface area contributed by atoms with Crippen LogP contribution in [0.2, 0.25) is 0 Å². The summed E-state index contributed by atoms with van der Waals surface area (Å²) in [5.74, 6) is -3.81. The number of nitro groups is 1. The van der Waals surface area contributed by atoms with Crippen LogP contribution in [0.1, 0.15) is 63.3 Å². The van der Waals surface area contributed by atoms with E-state index in [1.807, 2.05) is 39.8 Å². The number of carbonyl (C=O) groups excluding carboxylic acids is 3. The summed E-state index contributed by atoms with van der Waals surface area (Å²) in [5, 5.41) is 41.6. The van der Waals surface area contributed by atoms with Gasteiger partial charge in [0.1, 0.15) is 18.1 Å². The summed E-state index contributed by atoms with van der Waals surface area (Å²) in [6.07, 6.45) is 0.870. The van der Waals surface area contributed by atoms with Gasteiger partial charge in [0.15, 0.2) is 5.82 Å². The molecule has 1 aliphatic heterocycles. The number of fused-ring (bicyclic) bond motifs is 1. The maximum atomic E-state index is 13.5. The highest BCUT2D eigenvalue weighted by molar-refractivity contribution is 7.99. The first-order chi connectivity index (χ1) is 22.9. The van der Waals surface area contributed by atoms with Crippen molar-refractivity contribution in [2.75, 3.05) is 22.1 Å². The number of amides is 3. The summed E-state index contributed by atoms with van der Waals surface area (Å²) in [6, 6.07) is 8.48. The second-order valence-corrected chi connectivity index (χ2v) is 14.0. The van der Waals surface area contributed by atoms with Crippen LogP contribution in [0.5, 0.6) is 0 Å². The monoisotopic (exact) mass is 698 g/mol. The molecule has 1 aliphatic rings. The molecule has 16 heteroatoms. The Morgan fingerprint density at radius 1 is 1.00 bits per heavy atom. The van der Waals surface area contributed by atoms with Crippen molar-refractivity contribution >= 4 is 52.8 Å². The molecule has 0 radical (unpaired) electrons. The molecule has 3 rings (SSSR count). The first-order valence-electron chi connectivity index (χ1n) is 15.4. The van der Waals surface area contributed by atoms with Gasteiger partial charge in [0.2, 0.25) is 17.7 Å². The number of benzene rings is 2. The van der Waals surface area contributed by atoms with Crippen molar-refractivity contribution < 1.29 is 39.1 Å². The number of anilines is 2. The van der Waals surface area contributed by atoms with Crippen LogP contribution < -0.4 is 21.3 Å². The van der Waals surface area contributed by atoms with Crippen LogP contribution in [-0.4, -0.2) is 73.3 Å². The van der Waals surface area contributed by atoms with E-state index in [0.29, 0.717) is 22.5 Å². The SMILES string of the molecule is CC(=O)N1Cc2cc(N/C(=C\[N+](=O)[O-])Nc3ccc(C)cc3)ccc2C1C(=O)NC(CCSCC(NC(=O)CC(C)(C)C)C(=O)O)C(=O)O. The van der Waals surface area contributed by atoms with Crippen molar-refractivity contribution in [3.8, 4) is 0 Å². The van der Waals surface area contributed by atoms with E-state index in [0.717, 1.165) is 23.5 Å². The second-order valence-electron chi connectivity index (χ2n) is 12.9. The summed E-state index contributed by atoms with van der Waals surface area (Å²) < 4.78 is 0. The Morgan fingerprint density at radius 2 is 1.61 bits per heavy atom. The first-order valence-corrected chi connectivity index (χ1v) is 16.6. The molecule has 2 aromatic rings. The highest BCUT2D eigenvalue weighted by Gasteiger charge is 2.39. The largest absolute Gasteiger partial charge is 0.480 e. The van der Waals surface area contributed by atoms with Gasteiger partial charge in [0.05, 0.1) is 4.92 Å². The maximum Gasteiger partial charge on any atom is 0.327 e. The standard InChI is InChI=1S/C33H42N6O9S/c1-19-6-8-22(9-7-19)34-27(17-39(47)48)35-23-10-11-24-21(14-23)16-38(20(2)40)29(24)30(42)37-25(31(43)44)12-13-49-18-26(32(45)46)36-28(41)15-33(3,4)5/h6-11,14,17,25-26,29,34-35H,12-13,15-16,18H2,1-5H3,(H,36,41)(H,37,42)(H,43,44)(H,45,46)/b27-17-. The Bertz CT molecular complexity index is 1610. The molecule has 264 valence electrons. The number of nitrogens with one attached hydrogen (secondary N) is 4. The Hall–Kier alpha value is -5.12. The minimum atomic E-state index is -1.33. The Kier molecular flexibility index (Phi) is 13.2. The van der Waals surface area contributed by atoms with E-state index in [-0.39, 0.29) is 42.1 Å². The Labute approximate surface area is 288 Å². The lowest BCUT2D eigenvalue weighted by atomic mass is 9.92. The van der Waals surface area contributed by atoms with Crippen molar-refractivity contribution in [1.29, 1.82) is 0 Å². The molecule has 0 aliphatic carbocycles. The summed E-state index contributed by atoms with van der Waals surface area (Å²) in [5.41, 5.74) is 2.81. The molecule has 2 aromatic carbocycles. The third kappa shape index (κ3) is 11.8. The van der Waals surface area contributed by atoms with Gasteiger partial charge < -0.3 is 36.4 Å². The average Bonchev–Trinajstić information content (AvgIpc) is 3.37. The summed E-state index contributed by atoms with van der Waals surface area (Å²) in [4.78, 5) is 74.0. The van der Waals surface area contributed by atoms with Crippen LogP contribution in [0.15, 0.2) is 54.5 Å². The summed E-state index contributed by atoms with van der Waals surface area (Å²) >= 11 is 1.13. The lowest BCUT2D eigenvalue weighted by molar-refractivity contribution is -0.403. The highest BCUT2D eigenvalue weighted by Crippen LogP contribution is 2.36. The number of rotatable bonds is 16. The third-order valence-corrected chi connectivity index (χ3v) is 8.45. The van der Waals surface area contributed by atoms with Gasteiger partial charge in [-0.3, -0.25) is 24.5 Å². The molecule has 0 spiro atoms. The zero-order chi connectivity index (χ0) is 36.5. The van der Waals surface area contributed by atoms with Crippen molar-refractivity contribution in [1.82, 2.24) is 15.5 Å².